The molecule has 0 spiro atoms. The first kappa shape index (κ1) is 15.9. The molecule has 1 N–H and O–H groups in total. The van der Waals surface area contributed by atoms with Crippen molar-refractivity contribution in [2.24, 2.45) is 0 Å². The highest BCUT2D eigenvalue weighted by Gasteiger charge is 2.22. The lowest BCUT2D eigenvalue weighted by Gasteiger charge is -2.26. The molecule has 4 heteroatoms. The summed E-state index contributed by atoms with van der Waals surface area (Å²) in [5.74, 6) is 1.38. The fourth-order valence-electron chi connectivity index (χ4n) is 2.68. The van der Waals surface area contributed by atoms with Gasteiger partial charge in [-0.15, -0.1) is 11.8 Å². The summed E-state index contributed by atoms with van der Waals surface area (Å²) in [7, 11) is 0. The van der Waals surface area contributed by atoms with E-state index in [1.54, 1.807) is 11.8 Å². The van der Waals surface area contributed by atoms with Gasteiger partial charge in [-0.1, -0.05) is 24.3 Å². The number of hydrogen-bond donors (Lipinski definition) is 1. The first-order valence-electron chi connectivity index (χ1n) is 7.84. The summed E-state index contributed by atoms with van der Waals surface area (Å²) < 4.78 is 5.63. The lowest BCUT2D eigenvalue weighted by Crippen LogP contribution is -2.33. The average Bonchev–Trinajstić information content (AvgIpc) is 2.56. The van der Waals surface area contributed by atoms with Gasteiger partial charge in [0.15, 0.2) is 0 Å². The zero-order valence-electron chi connectivity index (χ0n) is 13.5. The summed E-state index contributed by atoms with van der Waals surface area (Å²) in [6.07, 6.45) is 0.817. The normalized spacial score (nSPS) is 16.3. The van der Waals surface area contributed by atoms with Gasteiger partial charge in [-0.3, -0.25) is 4.79 Å². The van der Waals surface area contributed by atoms with E-state index < -0.39 is 0 Å². The molecule has 0 fully saturated rings. The summed E-state index contributed by atoms with van der Waals surface area (Å²) in [5, 5.41) is 3.13. The number of ether oxygens (including phenoxy) is 1. The van der Waals surface area contributed by atoms with E-state index in [0.29, 0.717) is 12.4 Å². The van der Waals surface area contributed by atoms with Crippen molar-refractivity contribution in [1.29, 1.82) is 0 Å². The van der Waals surface area contributed by atoms with E-state index in [1.807, 2.05) is 24.3 Å². The van der Waals surface area contributed by atoms with Crippen LogP contribution in [0.25, 0.3) is 0 Å². The number of rotatable bonds is 4. The maximum atomic E-state index is 12.3. The molecule has 1 heterocycles. The van der Waals surface area contributed by atoms with Crippen molar-refractivity contribution in [3.05, 3.63) is 59.2 Å². The topological polar surface area (TPSA) is 38.3 Å². The Labute approximate surface area is 141 Å². The molecule has 1 aliphatic heterocycles. The van der Waals surface area contributed by atoms with Crippen molar-refractivity contribution >= 4 is 17.7 Å². The number of hydrogen-bond acceptors (Lipinski definition) is 3. The van der Waals surface area contributed by atoms with Gasteiger partial charge in [-0.2, -0.15) is 0 Å². The number of benzene rings is 2. The molecule has 120 valence electrons. The Bertz CT molecular complexity index is 714. The summed E-state index contributed by atoms with van der Waals surface area (Å²) in [5.41, 5.74) is 3.61. The Morgan fingerprint density at radius 1 is 1.22 bits per heavy atom. The Morgan fingerprint density at radius 2 is 2.04 bits per heavy atom. The molecule has 0 radical (unpaired) electrons. The fraction of sp³-hybridized carbons (Fsp3) is 0.316. The molecule has 0 aliphatic carbocycles. The third kappa shape index (κ3) is 3.88. The van der Waals surface area contributed by atoms with Gasteiger partial charge >= 0.3 is 0 Å². The van der Waals surface area contributed by atoms with Gasteiger partial charge in [0, 0.05) is 16.9 Å². The molecule has 2 aromatic rings. The molecule has 1 aliphatic rings. The van der Waals surface area contributed by atoms with Crippen LogP contribution in [0.4, 0.5) is 0 Å². The summed E-state index contributed by atoms with van der Waals surface area (Å²) in [6, 6.07) is 14.3. The van der Waals surface area contributed by atoms with Crippen LogP contribution in [0.5, 0.6) is 5.75 Å². The van der Waals surface area contributed by atoms with Crippen LogP contribution in [0.1, 0.15) is 29.2 Å². The Hall–Kier alpha value is -1.94. The lowest BCUT2D eigenvalue weighted by atomic mass is 10.0. The van der Waals surface area contributed by atoms with Gasteiger partial charge in [0.2, 0.25) is 5.91 Å². The van der Waals surface area contributed by atoms with E-state index in [-0.39, 0.29) is 11.9 Å². The molecule has 23 heavy (non-hydrogen) atoms. The third-order valence-electron chi connectivity index (χ3n) is 4.14. The molecule has 0 aromatic heterocycles. The van der Waals surface area contributed by atoms with Crippen LogP contribution in [0.15, 0.2) is 47.4 Å². The quantitative estimate of drug-likeness (QED) is 0.862. The highest BCUT2D eigenvalue weighted by atomic mass is 32.2. The molecule has 3 rings (SSSR count). The van der Waals surface area contributed by atoms with Crippen molar-refractivity contribution in [2.45, 2.75) is 31.2 Å². The number of para-hydroxylation sites is 1. The number of thioether (sulfide) groups is 1. The van der Waals surface area contributed by atoms with Gasteiger partial charge < -0.3 is 10.1 Å². The van der Waals surface area contributed by atoms with Crippen molar-refractivity contribution in [3.63, 3.8) is 0 Å². The van der Waals surface area contributed by atoms with Crippen LogP contribution >= 0.6 is 11.8 Å². The van der Waals surface area contributed by atoms with E-state index in [0.717, 1.165) is 22.6 Å². The minimum Gasteiger partial charge on any atom is -0.493 e. The van der Waals surface area contributed by atoms with Crippen LogP contribution in [0.3, 0.4) is 0 Å². The van der Waals surface area contributed by atoms with Crippen LogP contribution in [0, 0.1) is 13.8 Å². The number of fused-ring (bicyclic) bond motifs is 1. The predicted octanol–water partition coefficient (Wildman–Crippen LogP) is 4.04. The predicted molar refractivity (Wildman–Crippen MR) is 94.1 cm³/mol. The highest BCUT2D eigenvalue weighted by Crippen LogP contribution is 2.31. The monoisotopic (exact) mass is 327 g/mol. The zero-order valence-corrected chi connectivity index (χ0v) is 14.3. The molecule has 3 nitrogen and oxygen atoms in total. The van der Waals surface area contributed by atoms with E-state index >= 15 is 0 Å². The van der Waals surface area contributed by atoms with E-state index in [4.69, 9.17) is 4.74 Å². The van der Waals surface area contributed by atoms with Gasteiger partial charge in [0.05, 0.1) is 18.4 Å². The van der Waals surface area contributed by atoms with Crippen LogP contribution in [-0.4, -0.2) is 18.3 Å². The number of carbonyl (C=O) groups excluding carboxylic acids is 1. The summed E-state index contributed by atoms with van der Waals surface area (Å²) in [6.45, 7) is 4.84. The molecule has 2 aromatic carbocycles. The molecule has 0 bridgehead atoms. The molecule has 0 saturated carbocycles. The Balaban J connectivity index is 1.59. The third-order valence-corrected chi connectivity index (χ3v) is 5.14. The largest absolute Gasteiger partial charge is 0.493 e. The smallest absolute Gasteiger partial charge is 0.230 e. The maximum absolute atomic E-state index is 12.3. The minimum atomic E-state index is 0.0489. The van der Waals surface area contributed by atoms with Crippen molar-refractivity contribution in [2.75, 3.05) is 12.4 Å². The highest BCUT2D eigenvalue weighted by molar-refractivity contribution is 8.00. The SMILES string of the molecule is Cc1ccc(SCC(=O)N[C@H]2CCOc3ccccc32)cc1C. The van der Waals surface area contributed by atoms with Crippen LogP contribution in [0.2, 0.25) is 0 Å². The van der Waals surface area contributed by atoms with Gasteiger partial charge in [-0.05, 0) is 43.2 Å². The minimum absolute atomic E-state index is 0.0489. The standard InChI is InChI=1S/C19H21NO2S/c1-13-7-8-15(11-14(13)2)23-12-19(21)20-17-9-10-22-18-6-4-3-5-16(17)18/h3-8,11,17H,9-10,12H2,1-2H3,(H,20,21)/t17-/m0/s1. The Morgan fingerprint density at radius 3 is 2.87 bits per heavy atom. The molecule has 1 atom stereocenters. The first-order valence-corrected chi connectivity index (χ1v) is 8.83. The van der Waals surface area contributed by atoms with E-state index in [9.17, 15) is 4.79 Å². The van der Waals surface area contributed by atoms with Gasteiger partial charge in [-0.25, -0.2) is 0 Å². The number of aryl methyl sites for hydroxylation is 2. The zero-order chi connectivity index (χ0) is 16.2. The van der Waals surface area contributed by atoms with Gasteiger partial charge in [0.1, 0.15) is 5.75 Å². The summed E-state index contributed by atoms with van der Waals surface area (Å²) in [4.78, 5) is 13.4. The van der Waals surface area contributed by atoms with Crippen molar-refractivity contribution in [1.82, 2.24) is 5.32 Å². The number of amides is 1. The molecular weight excluding hydrogens is 306 g/mol. The number of carbonyl (C=O) groups is 1. The van der Waals surface area contributed by atoms with E-state index in [2.05, 4.69) is 37.4 Å². The molecular formula is C19H21NO2S. The van der Waals surface area contributed by atoms with Crippen molar-refractivity contribution < 1.29 is 9.53 Å². The second-order valence-corrected chi connectivity index (χ2v) is 6.88. The first-order chi connectivity index (χ1) is 11.1. The van der Waals surface area contributed by atoms with Crippen LogP contribution in [-0.2, 0) is 4.79 Å². The second kappa shape index (κ2) is 7.09. The van der Waals surface area contributed by atoms with Crippen molar-refractivity contribution in [3.8, 4) is 5.75 Å². The second-order valence-electron chi connectivity index (χ2n) is 5.83. The van der Waals surface area contributed by atoms with E-state index in [1.165, 1.54) is 11.1 Å². The number of nitrogens with one attached hydrogen (secondary N) is 1. The molecule has 0 unspecified atom stereocenters. The maximum Gasteiger partial charge on any atom is 0.230 e. The molecule has 0 saturated heterocycles. The van der Waals surface area contributed by atoms with Gasteiger partial charge in [0.25, 0.3) is 0 Å². The fourth-order valence-corrected chi connectivity index (χ4v) is 3.49. The van der Waals surface area contributed by atoms with Crippen LogP contribution < -0.4 is 10.1 Å². The average molecular weight is 327 g/mol. The lowest BCUT2D eigenvalue weighted by molar-refractivity contribution is -0.119. The molecule has 1 amide bonds. The Kier molecular flexibility index (Phi) is 4.91. The summed E-state index contributed by atoms with van der Waals surface area (Å²) >= 11 is 1.58.